The first-order valence-electron chi connectivity index (χ1n) is 8.29. The van der Waals surface area contributed by atoms with Crippen LogP contribution in [-0.2, 0) is 11.2 Å². The zero-order chi connectivity index (χ0) is 15.8. The van der Waals surface area contributed by atoms with Gasteiger partial charge < -0.3 is 10.3 Å². The molecule has 2 aliphatic rings. The molecule has 23 heavy (non-hydrogen) atoms. The number of carbonyl (C=O) groups excluding carboxylic acids is 1. The van der Waals surface area contributed by atoms with Crippen LogP contribution in [0.4, 0.5) is 4.39 Å². The van der Waals surface area contributed by atoms with Gasteiger partial charge in [-0.05, 0) is 49.3 Å². The van der Waals surface area contributed by atoms with Crippen molar-refractivity contribution in [3.05, 3.63) is 42.0 Å². The maximum atomic E-state index is 13.2. The summed E-state index contributed by atoms with van der Waals surface area (Å²) in [5, 5.41) is 3.05. The van der Waals surface area contributed by atoms with Gasteiger partial charge in [0.1, 0.15) is 11.6 Å². The largest absolute Gasteiger partial charge is 0.356 e. The molecule has 0 radical (unpaired) electrons. The van der Waals surface area contributed by atoms with Gasteiger partial charge in [-0.15, -0.1) is 0 Å². The van der Waals surface area contributed by atoms with Gasteiger partial charge in [-0.2, -0.15) is 0 Å². The van der Waals surface area contributed by atoms with Gasteiger partial charge in [0, 0.05) is 18.9 Å². The molecular weight excluding hydrogens is 293 g/mol. The molecule has 3 atom stereocenters. The highest BCUT2D eigenvalue weighted by Crippen LogP contribution is 2.43. The number of hydrogen-bond donors (Lipinski definition) is 2. The number of halogens is 1. The number of fused-ring (bicyclic) bond motifs is 3. The lowest BCUT2D eigenvalue weighted by molar-refractivity contribution is -0.125. The molecular formula is C18H20FN3O. The number of nitrogens with zero attached hydrogens (tertiary/aromatic N) is 1. The number of rotatable bonds is 5. The highest BCUT2D eigenvalue weighted by Gasteiger charge is 2.39. The SMILES string of the molecule is O=C(NCCCc1nc2ccc(F)cc2[nH]1)[C@@H]1C[C@@H]2C=C[C@H]1C2. The van der Waals surface area contributed by atoms with Crippen LogP contribution in [0.5, 0.6) is 0 Å². The topological polar surface area (TPSA) is 57.8 Å². The predicted molar refractivity (Wildman–Crippen MR) is 86.2 cm³/mol. The second-order valence-corrected chi connectivity index (χ2v) is 6.63. The van der Waals surface area contributed by atoms with E-state index in [0.717, 1.165) is 42.5 Å². The molecule has 1 heterocycles. The Morgan fingerprint density at radius 1 is 1.35 bits per heavy atom. The third-order valence-electron chi connectivity index (χ3n) is 5.00. The van der Waals surface area contributed by atoms with Gasteiger partial charge in [0.05, 0.1) is 11.0 Å². The third kappa shape index (κ3) is 2.87. The molecule has 120 valence electrons. The first-order chi connectivity index (χ1) is 11.2. The molecule has 0 unspecified atom stereocenters. The maximum Gasteiger partial charge on any atom is 0.223 e. The van der Waals surface area contributed by atoms with E-state index in [1.807, 2.05) is 0 Å². The van der Waals surface area contributed by atoms with E-state index in [4.69, 9.17) is 0 Å². The number of aromatic amines is 1. The van der Waals surface area contributed by atoms with E-state index in [1.165, 1.54) is 12.1 Å². The minimum Gasteiger partial charge on any atom is -0.356 e. The first-order valence-corrected chi connectivity index (χ1v) is 8.29. The van der Waals surface area contributed by atoms with Crippen molar-refractivity contribution >= 4 is 16.9 Å². The number of carbonyl (C=O) groups is 1. The molecule has 2 bridgehead atoms. The molecule has 1 amide bonds. The summed E-state index contributed by atoms with van der Waals surface area (Å²) in [6, 6.07) is 4.54. The molecule has 2 aromatic rings. The van der Waals surface area contributed by atoms with Crippen molar-refractivity contribution < 1.29 is 9.18 Å². The second kappa shape index (κ2) is 5.80. The normalized spacial score (nSPS) is 25.3. The van der Waals surface area contributed by atoms with Crippen LogP contribution in [0.2, 0.25) is 0 Å². The second-order valence-electron chi connectivity index (χ2n) is 6.63. The van der Waals surface area contributed by atoms with E-state index in [-0.39, 0.29) is 17.6 Å². The molecule has 1 fully saturated rings. The predicted octanol–water partition coefficient (Wildman–Crippen LogP) is 2.96. The number of aromatic nitrogens is 2. The molecule has 0 spiro atoms. The van der Waals surface area contributed by atoms with Gasteiger partial charge in [-0.25, -0.2) is 9.37 Å². The van der Waals surface area contributed by atoms with Crippen LogP contribution >= 0.6 is 0 Å². The molecule has 4 nitrogen and oxygen atoms in total. The van der Waals surface area contributed by atoms with Crippen LogP contribution in [0.3, 0.4) is 0 Å². The number of aryl methyl sites for hydroxylation is 1. The number of H-pyrrole nitrogens is 1. The van der Waals surface area contributed by atoms with Crippen molar-refractivity contribution in [2.75, 3.05) is 6.54 Å². The van der Waals surface area contributed by atoms with Gasteiger partial charge in [0.25, 0.3) is 0 Å². The first kappa shape index (κ1) is 14.4. The molecule has 0 aliphatic heterocycles. The smallest absolute Gasteiger partial charge is 0.223 e. The Balaban J connectivity index is 1.26. The van der Waals surface area contributed by atoms with Gasteiger partial charge in [-0.3, -0.25) is 4.79 Å². The van der Waals surface area contributed by atoms with Crippen molar-refractivity contribution in [1.82, 2.24) is 15.3 Å². The highest BCUT2D eigenvalue weighted by molar-refractivity contribution is 5.80. The van der Waals surface area contributed by atoms with E-state index in [2.05, 4.69) is 27.4 Å². The van der Waals surface area contributed by atoms with E-state index in [0.29, 0.717) is 18.4 Å². The number of nitrogens with one attached hydrogen (secondary N) is 2. The lowest BCUT2D eigenvalue weighted by atomic mass is 9.93. The lowest BCUT2D eigenvalue weighted by Gasteiger charge is -2.17. The van der Waals surface area contributed by atoms with Crippen LogP contribution in [0.25, 0.3) is 11.0 Å². The molecule has 4 rings (SSSR count). The monoisotopic (exact) mass is 313 g/mol. The molecule has 0 saturated heterocycles. The van der Waals surface area contributed by atoms with Crippen LogP contribution < -0.4 is 5.32 Å². The zero-order valence-electron chi connectivity index (χ0n) is 12.9. The Hall–Kier alpha value is -2.17. The van der Waals surface area contributed by atoms with Crippen LogP contribution in [0.1, 0.15) is 25.1 Å². The highest BCUT2D eigenvalue weighted by atomic mass is 19.1. The summed E-state index contributed by atoms with van der Waals surface area (Å²) in [6.07, 6.45) is 8.17. The average Bonchev–Trinajstić information content (AvgIpc) is 3.25. The summed E-state index contributed by atoms with van der Waals surface area (Å²) < 4.78 is 13.2. The summed E-state index contributed by atoms with van der Waals surface area (Å²) in [7, 11) is 0. The van der Waals surface area contributed by atoms with Crippen LogP contribution in [0.15, 0.2) is 30.4 Å². The van der Waals surface area contributed by atoms with Crippen molar-refractivity contribution in [1.29, 1.82) is 0 Å². The van der Waals surface area contributed by atoms with E-state index < -0.39 is 0 Å². The van der Waals surface area contributed by atoms with Gasteiger partial charge in [0.15, 0.2) is 0 Å². The molecule has 1 saturated carbocycles. The minimum atomic E-state index is -0.264. The fourth-order valence-electron chi connectivity index (χ4n) is 3.83. The number of imidazole rings is 1. The Morgan fingerprint density at radius 3 is 3.04 bits per heavy atom. The van der Waals surface area contributed by atoms with E-state index >= 15 is 0 Å². The van der Waals surface area contributed by atoms with Crippen LogP contribution in [0, 0.1) is 23.6 Å². The Labute approximate surface area is 134 Å². The average molecular weight is 313 g/mol. The molecule has 1 aromatic heterocycles. The summed E-state index contributed by atoms with van der Waals surface area (Å²) in [5.41, 5.74) is 1.50. The molecule has 5 heteroatoms. The Kier molecular flexibility index (Phi) is 3.63. The fourth-order valence-corrected chi connectivity index (χ4v) is 3.83. The molecule has 1 aromatic carbocycles. The fraction of sp³-hybridized carbons (Fsp3) is 0.444. The quantitative estimate of drug-likeness (QED) is 0.658. The third-order valence-corrected chi connectivity index (χ3v) is 5.00. The number of hydrogen-bond acceptors (Lipinski definition) is 2. The number of benzene rings is 1. The Bertz CT molecular complexity index is 767. The van der Waals surface area contributed by atoms with E-state index in [9.17, 15) is 9.18 Å². The maximum absolute atomic E-state index is 13.2. The summed E-state index contributed by atoms with van der Waals surface area (Å²) in [6.45, 7) is 0.655. The lowest BCUT2D eigenvalue weighted by Crippen LogP contribution is -2.33. The summed E-state index contributed by atoms with van der Waals surface area (Å²) in [4.78, 5) is 19.8. The van der Waals surface area contributed by atoms with Crippen molar-refractivity contribution in [3.63, 3.8) is 0 Å². The molecule has 2 N–H and O–H groups in total. The van der Waals surface area contributed by atoms with Crippen molar-refractivity contribution in [3.8, 4) is 0 Å². The number of allylic oxidation sites excluding steroid dienone is 2. The van der Waals surface area contributed by atoms with Crippen molar-refractivity contribution in [2.45, 2.75) is 25.7 Å². The summed E-state index contributed by atoms with van der Waals surface area (Å²) in [5.74, 6) is 1.99. The van der Waals surface area contributed by atoms with Gasteiger partial charge >= 0.3 is 0 Å². The van der Waals surface area contributed by atoms with Gasteiger partial charge in [0.2, 0.25) is 5.91 Å². The standard InChI is InChI=1S/C18H20FN3O/c19-13-5-6-15-16(10-13)22-17(21-15)2-1-7-20-18(23)14-9-11-3-4-12(14)8-11/h3-6,10-12,14H,1-2,7-9H2,(H,20,23)(H,21,22)/t11-,12+,14-/m1/s1. The molecule has 2 aliphatic carbocycles. The number of amides is 1. The minimum absolute atomic E-state index is 0.166. The summed E-state index contributed by atoms with van der Waals surface area (Å²) >= 11 is 0. The van der Waals surface area contributed by atoms with Crippen LogP contribution in [-0.4, -0.2) is 22.4 Å². The van der Waals surface area contributed by atoms with Crippen molar-refractivity contribution in [2.24, 2.45) is 17.8 Å². The van der Waals surface area contributed by atoms with Gasteiger partial charge in [-0.1, -0.05) is 12.2 Å². The van der Waals surface area contributed by atoms with E-state index in [1.54, 1.807) is 6.07 Å². The Morgan fingerprint density at radius 2 is 2.26 bits per heavy atom. The zero-order valence-corrected chi connectivity index (χ0v) is 12.9.